The van der Waals surface area contributed by atoms with E-state index in [0.717, 1.165) is 5.56 Å². The summed E-state index contributed by atoms with van der Waals surface area (Å²) in [5, 5.41) is 2.60. The molecule has 0 bridgehead atoms. The monoisotopic (exact) mass is 305 g/mol. The second-order valence-corrected chi connectivity index (χ2v) is 5.10. The van der Waals surface area contributed by atoms with Crippen LogP contribution >= 0.6 is 0 Å². The van der Waals surface area contributed by atoms with E-state index in [1.807, 2.05) is 26.8 Å². The minimum absolute atomic E-state index is 0.270. The number of alkyl halides is 4. The van der Waals surface area contributed by atoms with Gasteiger partial charge >= 0.3 is 12.3 Å². The molecule has 120 valence electrons. The van der Waals surface area contributed by atoms with Gasteiger partial charge in [-0.25, -0.2) is 8.78 Å². The normalized spacial score (nSPS) is 13.7. The summed E-state index contributed by atoms with van der Waals surface area (Å²) < 4.78 is 53.5. The molecule has 0 saturated heterocycles. The van der Waals surface area contributed by atoms with Crippen molar-refractivity contribution in [2.75, 3.05) is 6.54 Å². The van der Waals surface area contributed by atoms with Crippen LogP contribution in [-0.2, 0) is 12.8 Å². The summed E-state index contributed by atoms with van der Waals surface area (Å²) in [4.78, 5) is 0. The molecule has 1 nitrogen and oxygen atoms in total. The second-order valence-electron chi connectivity index (χ2n) is 5.10. The molecular weight excluding hydrogens is 282 g/mol. The van der Waals surface area contributed by atoms with E-state index in [4.69, 9.17) is 0 Å². The zero-order valence-electron chi connectivity index (χ0n) is 12.7. The molecule has 5 heteroatoms. The molecule has 1 unspecified atom stereocenters. The van der Waals surface area contributed by atoms with Gasteiger partial charge in [-0.2, -0.15) is 8.78 Å². The molecule has 1 rings (SSSR count). The lowest BCUT2D eigenvalue weighted by atomic mass is 9.91. The topological polar surface area (TPSA) is 12.0 Å². The Morgan fingerprint density at radius 1 is 1.10 bits per heavy atom. The summed E-state index contributed by atoms with van der Waals surface area (Å²) in [6.07, 6.45) is -1.88. The van der Waals surface area contributed by atoms with E-state index >= 15 is 0 Å². The van der Waals surface area contributed by atoms with Crippen LogP contribution in [0.3, 0.4) is 0 Å². The van der Waals surface area contributed by atoms with Crippen molar-refractivity contribution < 1.29 is 17.6 Å². The molecule has 0 radical (unpaired) electrons. The Kier molecular flexibility index (Phi) is 6.65. The number of hydrogen-bond donors (Lipinski definition) is 1. The fourth-order valence-corrected chi connectivity index (χ4v) is 2.32. The van der Waals surface area contributed by atoms with Crippen LogP contribution in [0.25, 0.3) is 0 Å². The Labute approximate surface area is 123 Å². The Morgan fingerprint density at radius 2 is 1.76 bits per heavy atom. The van der Waals surface area contributed by atoms with Crippen LogP contribution in [-0.4, -0.2) is 18.9 Å². The zero-order valence-corrected chi connectivity index (χ0v) is 12.7. The maximum absolute atomic E-state index is 14.0. The third-order valence-corrected chi connectivity index (χ3v) is 3.58. The van der Waals surface area contributed by atoms with Gasteiger partial charge in [0.2, 0.25) is 0 Å². The molecule has 1 atom stereocenters. The lowest BCUT2D eigenvalue weighted by Crippen LogP contribution is -2.43. The van der Waals surface area contributed by atoms with E-state index in [9.17, 15) is 17.6 Å². The van der Waals surface area contributed by atoms with Gasteiger partial charge in [-0.1, -0.05) is 39.0 Å². The SMILES string of the molecule is CCCNC(c1cc(CC)ccc1CC)C(F)(F)C(F)F. The van der Waals surface area contributed by atoms with E-state index in [0.29, 0.717) is 24.8 Å². The van der Waals surface area contributed by atoms with Crippen molar-refractivity contribution in [1.82, 2.24) is 5.32 Å². The van der Waals surface area contributed by atoms with Crippen LogP contribution < -0.4 is 5.32 Å². The Hall–Kier alpha value is -1.10. The average Bonchev–Trinajstić information content (AvgIpc) is 2.47. The molecule has 0 saturated carbocycles. The molecule has 0 aliphatic carbocycles. The van der Waals surface area contributed by atoms with E-state index in [2.05, 4.69) is 5.32 Å². The van der Waals surface area contributed by atoms with Crippen molar-refractivity contribution in [1.29, 1.82) is 0 Å². The zero-order chi connectivity index (χ0) is 16.0. The molecule has 1 aromatic rings. The van der Waals surface area contributed by atoms with Gasteiger partial charge < -0.3 is 5.32 Å². The van der Waals surface area contributed by atoms with E-state index < -0.39 is 18.4 Å². The first-order chi connectivity index (χ1) is 9.88. The third-order valence-electron chi connectivity index (χ3n) is 3.58. The van der Waals surface area contributed by atoms with Crippen molar-refractivity contribution in [3.8, 4) is 0 Å². The average molecular weight is 305 g/mol. The fourth-order valence-electron chi connectivity index (χ4n) is 2.32. The van der Waals surface area contributed by atoms with Gasteiger partial charge in [0, 0.05) is 0 Å². The largest absolute Gasteiger partial charge is 0.326 e. The summed E-state index contributed by atoms with van der Waals surface area (Å²) in [5.41, 5.74) is 1.84. The summed E-state index contributed by atoms with van der Waals surface area (Å²) in [5.74, 6) is -4.09. The van der Waals surface area contributed by atoms with Gasteiger partial charge in [0.15, 0.2) is 0 Å². The molecule has 0 amide bonds. The van der Waals surface area contributed by atoms with Gasteiger partial charge in [-0.05, 0) is 42.5 Å². The van der Waals surface area contributed by atoms with Gasteiger partial charge in [0.25, 0.3) is 0 Å². The van der Waals surface area contributed by atoms with Gasteiger partial charge in [-0.3, -0.25) is 0 Å². The highest BCUT2D eigenvalue weighted by atomic mass is 19.3. The molecular formula is C16H23F4N. The maximum atomic E-state index is 14.0. The number of benzene rings is 1. The van der Waals surface area contributed by atoms with Crippen LogP contribution in [0.5, 0.6) is 0 Å². The van der Waals surface area contributed by atoms with Crippen molar-refractivity contribution in [2.24, 2.45) is 0 Å². The van der Waals surface area contributed by atoms with Crippen LogP contribution in [0.15, 0.2) is 18.2 Å². The highest BCUT2D eigenvalue weighted by Gasteiger charge is 2.49. The van der Waals surface area contributed by atoms with Gasteiger partial charge in [0.05, 0.1) is 0 Å². The molecule has 0 aliphatic rings. The lowest BCUT2D eigenvalue weighted by molar-refractivity contribution is -0.151. The van der Waals surface area contributed by atoms with E-state index in [1.165, 1.54) is 0 Å². The Bertz CT molecular complexity index is 446. The fraction of sp³-hybridized carbons (Fsp3) is 0.625. The highest BCUT2D eigenvalue weighted by Crippen LogP contribution is 2.38. The number of rotatable bonds is 8. The summed E-state index contributed by atoms with van der Waals surface area (Å²) >= 11 is 0. The van der Waals surface area contributed by atoms with Gasteiger partial charge in [0.1, 0.15) is 6.04 Å². The lowest BCUT2D eigenvalue weighted by Gasteiger charge is -2.29. The summed E-state index contributed by atoms with van der Waals surface area (Å²) in [7, 11) is 0. The van der Waals surface area contributed by atoms with Crippen LogP contribution in [0.4, 0.5) is 17.6 Å². The number of halogens is 4. The third kappa shape index (κ3) is 4.19. The maximum Gasteiger partial charge on any atom is 0.326 e. The number of aryl methyl sites for hydroxylation is 2. The van der Waals surface area contributed by atoms with Crippen molar-refractivity contribution in [3.63, 3.8) is 0 Å². The van der Waals surface area contributed by atoms with Crippen molar-refractivity contribution in [2.45, 2.75) is 58.4 Å². The quantitative estimate of drug-likeness (QED) is 0.683. The van der Waals surface area contributed by atoms with Crippen LogP contribution in [0.2, 0.25) is 0 Å². The first-order valence-electron chi connectivity index (χ1n) is 7.39. The minimum Gasteiger partial charge on any atom is -0.305 e. The highest BCUT2D eigenvalue weighted by molar-refractivity contribution is 5.36. The van der Waals surface area contributed by atoms with Crippen molar-refractivity contribution in [3.05, 3.63) is 34.9 Å². The van der Waals surface area contributed by atoms with Crippen molar-refractivity contribution >= 4 is 0 Å². The molecule has 0 aliphatic heterocycles. The Balaban J connectivity index is 3.30. The predicted octanol–water partition coefficient (Wildman–Crippen LogP) is 4.75. The molecule has 0 heterocycles. The molecule has 1 N–H and O–H groups in total. The van der Waals surface area contributed by atoms with E-state index in [1.54, 1.807) is 12.1 Å². The van der Waals surface area contributed by atoms with Gasteiger partial charge in [-0.15, -0.1) is 0 Å². The second kappa shape index (κ2) is 7.78. The first-order valence-corrected chi connectivity index (χ1v) is 7.39. The summed E-state index contributed by atoms with van der Waals surface area (Å²) in [6.45, 7) is 5.83. The van der Waals surface area contributed by atoms with Crippen LogP contribution in [0, 0.1) is 0 Å². The molecule has 21 heavy (non-hydrogen) atoms. The molecule has 1 aromatic carbocycles. The van der Waals surface area contributed by atoms with E-state index in [-0.39, 0.29) is 12.1 Å². The number of hydrogen-bond acceptors (Lipinski definition) is 1. The summed E-state index contributed by atoms with van der Waals surface area (Å²) in [6, 6.07) is 3.59. The van der Waals surface area contributed by atoms with Crippen LogP contribution in [0.1, 0.15) is 49.9 Å². The predicted molar refractivity (Wildman–Crippen MR) is 77.2 cm³/mol. The molecule has 0 fully saturated rings. The minimum atomic E-state index is -4.09. The smallest absolute Gasteiger partial charge is 0.305 e. The molecule has 0 spiro atoms. The number of nitrogens with one attached hydrogen (secondary N) is 1. The standard InChI is InChI=1S/C16H23F4N/c1-4-9-21-14(16(19,20)15(17)18)13-10-11(5-2)7-8-12(13)6-3/h7-8,10,14-15,21H,4-6,9H2,1-3H3. The first kappa shape index (κ1) is 18.0. The Morgan fingerprint density at radius 3 is 2.24 bits per heavy atom. The molecule has 0 aromatic heterocycles.